The summed E-state index contributed by atoms with van der Waals surface area (Å²) in [4.78, 5) is 18.9. The van der Waals surface area contributed by atoms with Crippen LogP contribution >= 0.6 is 0 Å². The van der Waals surface area contributed by atoms with Gasteiger partial charge in [0.25, 0.3) is 5.56 Å². The van der Waals surface area contributed by atoms with Crippen molar-refractivity contribution >= 4 is 5.82 Å². The summed E-state index contributed by atoms with van der Waals surface area (Å²) < 4.78 is 0. The number of hydrogen-bond donors (Lipinski definition) is 3. The van der Waals surface area contributed by atoms with Crippen molar-refractivity contribution in [3.05, 3.63) is 22.2 Å². The molecule has 1 unspecified atom stereocenters. The second-order valence-electron chi connectivity index (χ2n) is 5.36. The molecule has 0 bridgehead atoms. The van der Waals surface area contributed by atoms with E-state index in [4.69, 9.17) is 5.73 Å². The average molecular weight is 250 g/mol. The Labute approximate surface area is 107 Å². The molecule has 0 spiro atoms. The highest BCUT2D eigenvalue weighted by Gasteiger charge is 2.26. The van der Waals surface area contributed by atoms with Crippen LogP contribution in [0.4, 0.5) is 5.82 Å². The van der Waals surface area contributed by atoms with Crippen LogP contribution in [0.25, 0.3) is 0 Å². The van der Waals surface area contributed by atoms with Crippen LogP contribution in [0.1, 0.15) is 44.9 Å². The number of aromatic nitrogens is 2. The molecule has 100 valence electrons. The Bertz CT molecular complexity index is 451. The van der Waals surface area contributed by atoms with Gasteiger partial charge in [0.2, 0.25) is 0 Å². The molecule has 4 N–H and O–H groups in total. The van der Waals surface area contributed by atoms with Crippen LogP contribution in [-0.4, -0.2) is 22.6 Å². The summed E-state index contributed by atoms with van der Waals surface area (Å²) in [6, 6.07) is 1.79. The van der Waals surface area contributed by atoms with Crippen molar-refractivity contribution in [2.75, 3.05) is 11.9 Å². The lowest BCUT2D eigenvalue weighted by molar-refractivity contribution is 0.497. The van der Waals surface area contributed by atoms with Gasteiger partial charge in [-0.15, -0.1) is 0 Å². The first-order valence-electron chi connectivity index (χ1n) is 6.68. The number of H-pyrrole nitrogens is 1. The van der Waals surface area contributed by atoms with E-state index in [-0.39, 0.29) is 11.6 Å². The molecular formula is C13H22N4O. The Kier molecular flexibility index (Phi) is 4.01. The Hall–Kier alpha value is -1.36. The third-order valence-corrected chi connectivity index (χ3v) is 3.34. The second-order valence-corrected chi connectivity index (χ2v) is 5.36. The number of aromatic amines is 1. The standard InChI is InChI=1S/C13H22N4O/c1-8(2)10(5-6-14)15-11-7-12(18)17-13(16-11)9-3-4-9/h7-10H,3-6,14H2,1-2H3,(H2,15,16,17,18). The van der Waals surface area contributed by atoms with E-state index in [1.165, 1.54) is 6.07 Å². The molecule has 18 heavy (non-hydrogen) atoms. The summed E-state index contributed by atoms with van der Waals surface area (Å²) in [6.07, 6.45) is 3.14. The molecule has 1 atom stereocenters. The molecule has 0 aliphatic heterocycles. The number of nitrogens with one attached hydrogen (secondary N) is 2. The minimum absolute atomic E-state index is 0.0790. The molecule has 1 saturated carbocycles. The summed E-state index contributed by atoms with van der Waals surface area (Å²) in [5, 5.41) is 3.33. The van der Waals surface area contributed by atoms with Crippen LogP contribution in [0.15, 0.2) is 10.9 Å². The number of nitrogens with two attached hydrogens (primary N) is 1. The smallest absolute Gasteiger partial charge is 0.252 e. The van der Waals surface area contributed by atoms with Gasteiger partial charge in [0.1, 0.15) is 11.6 Å². The number of nitrogens with zero attached hydrogens (tertiary/aromatic N) is 1. The maximum atomic E-state index is 11.6. The predicted octanol–water partition coefficient (Wildman–Crippen LogP) is 1.43. The fraction of sp³-hybridized carbons (Fsp3) is 0.692. The molecule has 1 aromatic heterocycles. The molecule has 1 aromatic rings. The first-order chi connectivity index (χ1) is 8.60. The maximum Gasteiger partial charge on any atom is 0.252 e. The van der Waals surface area contributed by atoms with Gasteiger partial charge in [-0.2, -0.15) is 0 Å². The van der Waals surface area contributed by atoms with Gasteiger partial charge in [-0.05, 0) is 31.7 Å². The van der Waals surface area contributed by atoms with Gasteiger partial charge in [0.05, 0.1) is 0 Å². The molecule has 1 heterocycles. The van der Waals surface area contributed by atoms with Crippen LogP contribution in [0.3, 0.4) is 0 Å². The average Bonchev–Trinajstić information content (AvgIpc) is 3.11. The van der Waals surface area contributed by atoms with Crippen LogP contribution in [0, 0.1) is 5.92 Å². The lowest BCUT2D eigenvalue weighted by atomic mass is 10.0. The van der Waals surface area contributed by atoms with Crippen molar-refractivity contribution in [3.8, 4) is 0 Å². The van der Waals surface area contributed by atoms with E-state index in [2.05, 4.69) is 29.1 Å². The summed E-state index contributed by atoms with van der Waals surface area (Å²) in [5.74, 6) is 2.40. The molecule has 0 radical (unpaired) electrons. The maximum absolute atomic E-state index is 11.6. The van der Waals surface area contributed by atoms with Crippen molar-refractivity contribution in [1.29, 1.82) is 0 Å². The van der Waals surface area contributed by atoms with E-state index in [1.807, 2.05) is 0 Å². The first kappa shape index (κ1) is 13.1. The summed E-state index contributed by atoms with van der Waals surface area (Å²) >= 11 is 0. The lowest BCUT2D eigenvalue weighted by Crippen LogP contribution is -2.29. The molecule has 0 saturated heterocycles. The molecule has 1 aliphatic carbocycles. The van der Waals surface area contributed by atoms with Crippen molar-refractivity contribution in [3.63, 3.8) is 0 Å². The van der Waals surface area contributed by atoms with E-state index >= 15 is 0 Å². The lowest BCUT2D eigenvalue weighted by Gasteiger charge is -2.22. The van der Waals surface area contributed by atoms with Crippen LogP contribution in [0.2, 0.25) is 0 Å². The van der Waals surface area contributed by atoms with Gasteiger partial charge in [-0.25, -0.2) is 4.98 Å². The highest BCUT2D eigenvalue weighted by molar-refractivity contribution is 5.35. The molecular weight excluding hydrogens is 228 g/mol. The largest absolute Gasteiger partial charge is 0.367 e. The quantitative estimate of drug-likeness (QED) is 0.713. The topological polar surface area (TPSA) is 83.8 Å². The van der Waals surface area contributed by atoms with Crippen molar-refractivity contribution in [2.45, 2.75) is 45.1 Å². The summed E-state index contributed by atoms with van der Waals surface area (Å²) in [5.41, 5.74) is 5.53. The molecule has 2 rings (SSSR count). The number of anilines is 1. The first-order valence-corrected chi connectivity index (χ1v) is 6.68. The Morgan fingerprint density at radius 1 is 1.56 bits per heavy atom. The molecule has 1 fully saturated rings. The minimum Gasteiger partial charge on any atom is -0.367 e. The highest BCUT2D eigenvalue weighted by atomic mass is 16.1. The van der Waals surface area contributed by atoms with E-state index < -0.39 is 0 Å². The molecule has 0 aromatic carbocycles. The second kappa shape index (κ2) is 5.52. The van der Waals surface area contributed by atoms with Crippen molar-refractivity contribution in [1.82, 2.24) is 9.97 Å². The highest BCUT2D eigenvalue weighted by Crippen LogP contribution is 2.37. The van der Waals surface area contributed by atoms with Gasteiger partial charge < -0.3 is 16.0 Å². The number of hydrogen-bond acceptors (Lipinski definition) is 4. The summed E-state index contributed by atoms with van der Waals surface area (Å²) in [7, 11) is 0. The van der Waals surface area contributed by atoms with Gasteiger partial charge in [-0.1, -0.05) is 13.8 Å². The normalized spacial score (nSPS) is 16.9. The third kappa shape index (κ3) is 3.32. The van der Waals surface area contributed by atoms with Gasteiger partial charge >= 0.3 is 0 Å². The SMILES string of the molecule is CC(C)C(CCN)Nc1cc(=O)[nH]c(C2CC2)n1. The van der Waals surface area contributed by atoms with Gasteiger partial charge in [0.15, 0.2) is 0 Å². The zero-order chi connectivity index (χ0) is 13.1. The molecule has 1 aliphatic rings. The van der Waals surface area contributed by atoms with Gasteiger partial charge in [-0.3, -0.25) is 4.79 Å². The monoisotopic (exact) mass is 250 g/mol. The van der Waals surface area contributed by atoms with E-state index in [0.29, 0.717) is 24.2 Å². The van der Waals surface area contributed by atoms with Crippen LogP contribution in [0.5, 0.6) is 0 Å². The van der Waals surface area contributed by atoms with Crippen LogP contribution in [-0.2, 0) is 0 Å². The third-order valence-electron chi connectivity index (χ3n) is 3.34. The molecule has 0 amide bonds. The zero-order valence-corrected chi connectivity index (χ0v) is 11.1. The van der Waals surface area contributed by atoms with Crippen LogP contribution < -0.4 is 16.6 Å². The Morgan fingerprint density at radius 3 is 2.83 bits per heavy atom. The Morgan fingerprint density at radius 2 is 2.28 bits per heavy atom. The van der Waals surface area contributed by atoms with E-state index in [9.17, 15) is 4.79 Å². The predicted molar refractivity (Wildman–Crippen MR) is 72.8 cm³/mol. The number of rotatable bonds is 6. The minimum atomic E-state index is -0.0790. The zero-order valence-electron chi connectivity index (χ0n) is 11.1. The van der Waals surface area contributed by atoms with E-state index in [0.717, 1.165) is 25.1 Å². The summed E-state index contributed by atoms with van der Waals surface area (Å²) in [6.45, 7) is 4.92. The van der Waals surface area contributed by atoms with Crippen molar-refractivity contribution < 1.29 is 0 Å². The fourth-order valence-corrected chi connectivity index (χ4v) is 2.04. The molecule has 5 nitrogen and oxygen atoms in total. The van der Waals surface area contributed by atoms with Gasteiger partial charge in [0, 0.05) is 18.0 Å². The molecule has 5 heteroatoms. The van der Waals surface area contributed by atoms with E-state index in [1.54, 1.807) is 0 Å². The Balaban J connectivity index is 2.14. The fourth-order valence-electron chi connectivity index (χ4n) is 2.04. The van der Waals surface area contributed by atoms with Crippen molar-refractivity contribution in [2.24, 2.45) is 11.7 Å².